The average Bonchev–Trinajstić information content (AvgIpc) is 2.75. The fourth-order valence-electron chi connectivity index (χ4n) is 3.21. The molecule has 78 valence electrons. The van der Waals surface area contributed by atoms with Crippen molar-refractivity contribution in [2.45, 2.75) is 25.7 Å². The normalized spacial score (nSPS) is 32.4. The van der Waals surface area contributed by atoms with Crippen molar-refractivity contribution in [3.63, 3.8) is 0 Å². The summed E-state index contributed by atoms with van der Waals surface area (Å²) in [4.78, 5) is 12.0. The van der Waals surface area contributed by atoms with Crippen LogP contribution < -0.4 is 0 Å². The van der Waals surface area contributed by atoms with Crippen LogP contribution in [0.4, 0.5) is 0 Å². The molecule has 2 saturated carbocycles. The van der Waals surface area contributed by atoms with Crippen molar-refractivity contribution in [3.8, 4) is 0 Å². The van der Waals surface area contributed by atoms with Crippen LogP contribution in [0.2, 0.25) is 0 Å². The van der Waals surface area contributed by atoms with Gasteiger partial charge in [-0.15, -0.1) is 0 Å². The predicted octanol–water partition coefficient (Wildman–Crippen LogP) is 2.84. The van der Waals surface area contributed by atoms with Gasteiger partial charge in [-0.25, -0.2) is 0 Å². The summed E-state index contributed by atoms with van der Waals surface area (Å²) in [6, 6.07) is 10.1. The highest BCUT2D eigenvalue weighted by atomic mass is 16.1. The van der Waals surface area contributed by atoms with Crippen LogP contribution >= 0.6 is 0 Å². The largest absolute Gasteiger partial charge is 0.299 e. The van der Waals surface area contributed by atoms with Crippen LogP contribution in [0.3, 0.4) is 0 Å². The molecule has 1 aromatic carbocycles. The highest BCUT2D eigenvalue weighted by Crippen LogP contribution is 2.58. The molecule has 2 aliphatic rings. The van der Waals surface area contributed by atoms with Gasteiger partial charge in [-0.2, -0.15) is 0 Å². The molecule has 15 heavy (non-hydrogen) atoms. The van der Waals surface area contributed by atoms with E-state index in [1.54, 1.807) is 0 Å². The summed E-state index contributed by atoms with van der Waals surface area (Å²) in [5.74, 6) is 2.44. The molecular weight excluding hydrogens is 184 g/mol. The third-order valence-electron chi connectivity index (χ3n) is 4.00. The maximum absolute atomic E-state index is 12.0. The summed E-state index contributed by atoms with van der Waals surface area (Å²) in [5.41, 5.74) is 1.17. The van der Waals surface area contributed by atoms with Crippen LogP contribution in [0.15, 0.2) is 30.3 Å². The van der Waals surface area contributed by atoms with Gasteiger partial charge in [0.2, 0.25) is 0 Å². The molecule has 2 fully saturated rings. The number of hydrogen-bond acceptors (Lipinski definition) is 1. The van der Waals surface area contributed by atoms with Gasteiger partial charge in [-0.3, -0.25) is 4.79 Å². The molecule has 1 aromatic rings. The quantitative estimate of drug-likeness (QED) is 0.733. The molecule has 0 aromatic heterocycles. The summed E-state index contributed by atoms with van der Waals surface area (Å²) in [6.07, 6.45) is 4.61. The van der Waals surface area contributed by atoms with Gasteiger partial charge in [0, 0.05) is 12.3 Å². The average molecular weight is 200 g/mol. The lowest BCUT2D eigenvalue weighted by atomic mass is 10.0. The van der Waals surface area contributed by atoms with Crippen LogP contribution in [0.25, 0.3) is 0 Å². The molecule has 0 spiro atoms. The van der Waals surface area contributed by atoms with E-state index in [9.17, 15) is 4.79 Å². The highest BCUT2D eigenvalue weighted by molar-refractivity contribution is 5.86. The van der Waals surface area contributed by atoms with Crippen LogP contribution in [-0.2, 0) is 11.2 Å². The smallest absolute Gasteiger partial charge is 0.140 e. The second-order valence-electron chi connectivity index (χ2n) is 4.91. The maximum atomic E-state index is 12.0. The number of fused-ring (bicyclic) bond motifs is 1. The molecule has 0 heterocycles. The van der Waals surface area contributed by atoms with Crippen LogP contribution in [0.1, 0.15) is 24.8 Å². The first-order chi connectivity index (χ1) is 7.36. The standard InChI is InChI=1S/C14H16O/c15-13(9-10-5-2-1-3-6-10)14-11-7-4-8-12(11)14/h1-3,5-6,11-12,14H,4,7-9H2. The minimum Gasteiger partial charge on any atom is -0.299 e. The predicted molar refractivity (Wildman–Crippen MR) is 59.5 cm³/mol. The Morgan fingerprint density at radius 2 is 1.80 bits per heavy atom. The Labute approximate surface area is 90.5 Å². The zero-order valence-electron chi connectivity index (χ0n) is 8.86. The van der Waals surface area contributed by atoms with E-state index < -0.39 is 0 Å². The van der Waals surface area contributed by atoms with Crippen LogP contribution in [-0.4, -0.2) is 5.78 Å². The molecule has 0 radical (unpaired) electrons. The van der Waals surface area contributed by atoms with E-state index in [2.05, 4.69) is 12.1 Å². The van der Waals surface area contributed by atoms with Gasteiger partial charge in [-0.1, -0.05) is 36.8 Å². The minimum atomic E-state index is 0.430. The first kappa shape index (κ1) is 9.14. The monoisotopic (exact) mass is 200 g/mol. The zero-order chi connectivity index (χ0) is 10.3. The first-order valence-electron chi connectivity index (χ1n) is 5.93. The summed E-state index contributed by atoms with van der Waals surface area (Å²) < 4.78 is 0. The molecular formula is C14H16O. The number of ketones is 1. The molecule has 2 unspecified atom stereocenters. The van der Waals surface area contributed by atoms with Gasteiger partial charge < -0.3 is 0 Å². The Balaban J connectivity index is 1.63. The fraction of sp³-hybridized carbons (Fsp3) is 0.500. The topological polar surface area (TPSA) is 17.1 Å². The van der Waals surface area contributed by atoms with Gasteiger partial charge in [0.15, 0.2) is 0 Å². The van der Waals surface area contributed by atoms with Crippen LogP contribution in [0.5, 0.6) is 0 Å². The van der Waals surface area contributed by atoms with Gasteiger partial charge in [0.05, 0.1) is 0 Å². The summed E-state index contributed by atoms with van der Waals surface area (Å²) in [5, 5.41) is 0. The molecule has 1 heteroatoms. The van der Waals surface area contributed by atoms with E-state index in [0.717, 1.165) is 11.8 Å². The Kier molecular flexibility index (Phi) is 2.12. The molecule has 0 bridgehead atoms. The van der Waals surface area contributed by atoms with Crippen molar-refractivity contribution < 1.29 is 4.79 Å². The third kappa shape index (κ3) is 1.60. The molecule has 0 aliphatic heterocycles. The summed E-state index contributed by atoms with van der Waals surface area (Å²) >= 11 is 0. The van der Waals surface area contributed by atoms with Crippen molar-refractivity contribution in [2.24, 2.45) is 17.8 Å². The number of Topliss-reactive ketones (excluding diaryl/α,β-unsaturated/α-hetero) is 1. The molecule has 3 rings (SSSR count). The summed E-state index contributed by atoms with van der Waals surface area (Å²) in [7, 11) is 0. The maximum Gasteiger partial charge on any atom is 0.140 e. The highest BCUT2D eigenvalue weighted by Gasteiger charge is 2.55. The number of carbonyl (C=O) groups is 1. The second kappa shape index (κ2) is 3.48. The number of hydrogen-bond donors (Lipinski definition) is 0. The van der Waals surface area contributed by atoms with E-state index in [4.69, 9.17) is 0 Å². The fourth-order valence-corrected chi connectivity index (χ4v) is 3.21. The van der Waals surface area contributed by atoms with Crippen molar-refractivity contribution in [1.29, 1.82) is 0 Å². The van der Waals surface area contributed by atoms with Gasteiger partial charge in [-0.05, 0) is 30.2 Å². The Hall–Kier alpha value is -1.11. The lowest BCUT2D eigenvalue weighted by molar-refractivity contribution is -0.120. The second-order valence-corrected chi connectivity index (χ2v) is 4.91. The van der Waals surface area contributed by atoms with Gasteiger partial charge >= 0.3 is 0 Å². The molecule has 0 N–H and O–H groups in total. The Morgan fingerprint density at radius 1 is 1.13 bits per heavy atom. The van der Waals surface area contributed by atoms with E-state index in [0.29, 0.717) is 18.1 Å². The zero-order valence-corrected chi connectivity index (χ0v) is 8.86. The number of carbonyl (C=O) groups excluding carboxylic acids is 1. The molecule has 0 amide bonds. The van der Waals surface area contributed by atoms with E-state index in [1.165, 1.54) is 24.8 Å². The van der Waals surface area contributed by atoms with E-state index in [1.807, 2.05) is 18.2 Å². The number of rotatable bonds is 3. The van der Waals surface area contributed by atoms with Crippen molar-refractivity contribution >= 4 is 5.78 Å². The van der Waals surface area contributed by atoms with E-state index in [-0.39, 0.29) is 0 Å². The Bertz CT molecular complexity index is 358. The van der Waals surface area contributed by atoms with Crippen molar-refractivity contribution in [1.82, 2.24) is 0 Å². The van der Waals surface area contributed by atoms with Gasteiger partial charge in [0.25, 0.3) is 0 Å². The Morgan fingerprint density at radius 3 is 2.47 bits per heavy atom. The van der Waals surface area contributed by atoms with Crippen LogP contribution in [0, 0.1) is 17.8 Å². The molecule has 2 aliphatic carbocycles. The molecule has 0 saturated heterocycles. The third-order valence-corrected chi connectivity index (χ3v) is 4.00. The number of benzene rings is 1. The summed E-state index contributed by atoms with van der Waals surface area (Å²) in [6.45, 7) is 0. The molecule has 1 nitrogen and oxygen atoms in total. The van der Waals surface area contributed by atoms with Crippen molar-refractivity contribution in [2.75, 3.05) is 0 Å². The van der Waals surface area contributed by atoms with E-state index >= 15 is 0 Å². The SMILES string of the molecule is O=C(Cc1ccccc1)C1C2CCCC21. The molecule has 2 atom stereocenters. The van der Waals surface area contributed by atoms with Gasteiger partial charge in [0.1, 0.15) is 5.78 Å². The lowest BCUT2D eigenvalue weighted by Crippen LogP contribution is -2.08. The lowest BCUT2D eigenvalue weighted by Gasteiger charge is -2.02. The van der Waals surface area contributed by atoms with Crippen molar-refractivity contribution in [3.05, 3.63) is 35.9 Å². The first-order valence-corrected chi connectivity index (χ1v) is 5.93. The minimum absolute atomic E-state index is 0.430.